The van der Waals surface area contributed by atoms with E-state index in [-0.39, 0.29) is 5.60 Å². The standard InChI is InChI=1S/C12H19BO3/c1-4-12(2,3)16-9-10-7-5-6-8-11(10)13(14)15/h5-8,14-15H,4,9H2,1-3H3. The molecule has 0 saturated heterocycles. The fourth-order valence-electron chi connectivity index (χ4n) is 1.29. The Balaban J connectivity index is 2.74. The second-order valence-corrected chi connectivity index (χ2v) is 4.47. The van der Waals surface area contributed by atoms with E-state index in [1.807, 2.05) is 26.0 Å². The van der Waals surface area contributed by atoms with Gasteiger partial charge < -0.3 is 14.8 Å². The van der Waals surface area contributed by atoms with Gasteiger partial charge in [-0.3, -0.25) is 0 Å². The van der Waals surface area contributed by atoms with Crippen LogP contribution in [0.2, 0.25) is 0 Å². The molecule has 0 radical (unpaired) electrons. The third-order valence-corrected chi connectivity index (χ3v) is 2.80. The normalized spacial score (nSPS) is 11.6. The Morgan fingerprint density at radius 3 is 2.44 bits per heavy atom. The van der Waals surface area contributed by atoms with Crippen molar-refractivity contribution >= 4 is 12.6 Å². The highest BCUT2D eigenvalue weighted by Crippen LogP contribution is 2.15. The maximum Gasteiger partial charge on any atom is 0.488 e. The molecule has 4 heteroatoms. The van der Waals surface area contributed by atoms with Crippen molar-refractivity contribution in [3.05, 3.63) is 29.8 Å². The van der Waals surface area contributed by atoms with Crippen LogP contribution in [-0.2, 0) is 11.3 Å². The van der Waals surface area contributed by atoms with Crippen molar-refractivity contribution in [2.75, 3.05) is 0 Å². The van der Waals surface area contributed by atoms with Gasteiger partial charge in [-0.2, -0.15) is 0 Å². The van der Waals surface area contributed by atoms with Crippen LogP contribution < -0.4 is 5.46 Å². The molecule has 1 rings (SSSR count). The molecule has 1 aromatic carbocycles. The molecule has 0 fully saturated rings. The summed E-state index contributed by atoms with van der Waals surface area (Å²) in [5.41, 5.74) is 1.14. The van der Waals surface area contributed by atoms with E-state index < -0.39 is 7.12 Å². The van der Waals surface area contributed by atoms with Crippen LogP contribution in [0.15, 0.2) is 24.3 Å². The van der Waals surface area contributed by atoms with Gasteiger partial charge in [0, 0.05) is 0 Å². The van der Waals surface area contributed by atoms with Crippen LogP contribution in [0.25, 0.3) is 0 Å². The highest BCUT2D eigenvalue weighted by Gasteiger charge is 2.19. The molecule has 1 aromatic rings. The van der Waals surface area contributed by atoms with Crippen LogP contribution in [-0.4, -0.2) is 22.8 Å². The minimum Gasteiger partial charge on any atom is -0.423 e. The first kappa shape index (κ1) is 13.2. The molecule has 2 N–H and O–H groups in total. The van der Waals surface area contributed by atoms with Crippen LogP contribution in [0.4, 0.5) is 0 Å². The van der Waals surface area contributed by atoms with Crippen LogP contribution in [0.1, 0.15) is 32.8 Å². The minimum atomic E-state index is -1.44. The van der Waals surface area contributed by atoms with E-state index in [0.717, 1.165) is 12.0 Å². The molecule has 88 valence electrons. The van der Waals surface area contributed by atoms with E-state index >= 15 is 0 Å². The molecule has 16 heavy (non-hydrogen) atoms. The van der Waals surface area contributed by atoms with Gasteiger partial charge >= 0.3 is 7.12 Å². The summed E-state index contributed by atoms with van der Waals surface area (Å²) in [5.74, 6) is 0. The molecule has 0 bridgehead atoms. The molecular weight excluding hydrogens is 203 g/mol. The summed E-state index contributed by atoms with van der Waals surface area (Å²) in [6, 6.07) is 7.19. The number of ether oxygens (including phenoxy) is 1. The van der Waals surface area contributed by atoms with Gasteiger partial charge in [-0.05, 0) is 31.3 Å². The zero-order valence-corrected chi connectivity index (χ0v) is 10.1. The lowest BCUT2D eigenvalue weighted by molar-refractivity contribution is -0.0313. The zero-order chi connectivity index (χ0) is 12.2. The van der Waals surface area contributed by atoms with Crippen LogP contribution >= 0.6 is 0 Å². The molecule has 0 aliphatic heterocycles. The lowest BCUT2D eigenvalue weighted by Crippen LogP contribution is -2.34. The first-order valence-corrected chi connectivity index (χ1v) is 5.54. The summed E-state index contributed by atoms with van der Waals surface area (Å²) < 4.78 is 5.73. The predicted molar refractivity (Wildman–Crippen MR) is 65.4 cm³/mol. The minimum absolute atomic E-state index is 0.187. The van der Waals surface area contributed by atoms with Crippen molar-refractivity contribution < 1.29 is 14.8 Å². The fourth-order valence-corrected chi connectivity index (χ4v) is 1.29. The van der Waals surface area contributed by atoms with E-state index in [9.17, 15) is 10.0 Å². The molecule has 0 amide bonds. The van der Waals surface area contributed by atoms with E-state index in [1.54, 1.807) is 12.1 Å². The SMILES string of the molecule is CCC(C)(C)OCc1ccccc1B(O)O. The van der Waals surface area contributed by atoms with Crippen molar-refractivity contribution in [2.24, 2.45) is 0 Å². The first-order chi connectivity index (χ1) is 7.46. The van der Waals surface area contributed by atoms with E-state index in [0.29, 0.717) is 12.1 Å². The molecule has 3 nitrogen and oxygen atoms in total. The van der Waals surface area contributed by atoms with Crippen LogP contribution in [0, 0.1) is 0 Å². The molecule has 0 spiro atoms. The highest BCUT2D eigenvalue weighted by molar-refractivity contribution is 6.59. The van der Waals surface area contributed by atoms with Crippen molar-refractivity contribution in [1.82, 2.24) is 0 Å². The average molecular weight is 222 g/mol. The van der Waals surface area contributed by atoms with Gasteiger partial charge in [0.05, 0.1) is 12.2 Å². The average Bonchev–Trinajstić information content (AvgIpc) is 2.27. The maximum atomic E-state index is 9.19. The second-order valence-electron chi connectivity index (χ2n) is 4.47. The third kappa shape index (κ3) is 3.63. The predicted octanol–water partition coefficient (Wildman–Crippen LogP) is 1.07. The van der Waals surface area contributed by atoms with Gasteiger partial charge in [0.25, 0.3) is 0 Å². The molecule has 0 saturated carbocycles. The topological polar surface area (TPSA) is 49.7 Å². The first-order valence-electron chi connectivity index (χ1n) is 5.54. The number of benzene rings is 1. The van der Waals surface area contributed by atoms with Crippen molar-refractivity contribution in [3.8, 4) is 0 Å². The van der Waals surface area contributed by atoms with Crippen molar-refractivity contribution in [1.29, 1.82) is 0 Å². The lowest BCUT2D eigenvalue weighted by Gasteiger charge is -2.24. The number of hydrogen-bond acceptors (Lipinski definition) is 3. The van der Waals surface area contributed by atoms with Gasteiger partial charge in [-0.1, -0.05) is 31.2 Å². The molecule has 0 heterocycles. The zero-order valence-electron chi connectivity index (χ0n) is 10.1. The smallest absolute Gasteiger partial charge is 0.423 e. The van der Waals surface area contributed by atoms with Gasteiger partial charge in [0.2, 0.25) is 0 Å². The quantitative estimate of drug-likeness (QED) is 0.732. The summed E-state index contributed by atoms with van der Waals surface area (Å²) in [7, 11) is -1.44. The Bertz CT molecular complexity index is 337. The third-order valence-electron chi connectivity index (χ3n) is 2.80. The molecule has 0 aromatic heterocycles. The molecule has 0 unspecified atom stereocenters. The van der Waals surface area contributed by atoms with Crippen molar-refractivity contribution in [2.45, 2.75) is 39.4 Å². The van der Waals surface area contributed by atoms with Gasteiger partial charge in [-0.25, -0.2) is 0 Å². The van der Waals surface area contributed by atoms with Crippen molar-refractivity contribution in [3.63, 3.8) is 0 Å². The Morgan fingerprint density at radius 1 is 1.25 bits per heavy atom. The Hall–Kier alpha value is -0.835. The molecule has 0 atom stereocenters. The lowest BCUT2D eigenvalue weighted by atomic mass is 9.77. The molecule has 0 aliphatic rings. The van der Waals surface area contributed by atoms with E-state index in [2.05, 4.69) is 6.92 Å². The van der Waals surface area contributed by atoms with E-state index in [4.69, 9.17) is 4.74 Å². The second kappa shape index (κ2) is 5.48. The van der Waals surface area contributed by atoms with Gasteiger partial charge in [-0.15, -0.1) is 0 Å². The Morgan fingerprint density at radius 2 is 1.88 bits per heavy atom. The van der Waals surface area contributed by atoms with Gasteiger partial charge in [0.1, 0.15) is 0 Å². The summed E-state index contributed by atoms with van der Waals surface area (Å²) in [6.45, 7) is 6.50. The maximum absolute atomic E-state index is 9.19. The summed E-state index contributed by atoms with van der Waals surface area (Å²) in [6.07, 6.45) is 0.914. The largest absolute Gasteiger partial charge is 0.488 e. The highest BCUT2D eigenvalue weighted by atomic mass is 16.5. The number of hydrogen-bond donors (Lipinski definition) is 2. The van der Waals surface area contributed by atoms with Crippen LogP contribution in [0.3, 0.4) is 0 Å². The van der Waals surface area contributed by atoms with E-state index in [1.165, 1.54) is 0 Å². The summed E-state index contributed by atoms with van der Waals surface area (Å²) >= 11 is 0. The Labute approximate surface area is 97.2 Å². The monoisotopic (exact) mass is 222 g/mol. The molecular formula is C12H19BO3. The van der Waals surface area contributed by atoms with Gasteiger partial charge in [0.15, 0.2) is 0 Å². The summed E-state index contributed by atoms with van der Waals surface area (Å²) in [4.78, 5) is 0. The van der Waals surface area contributed by atoms with Crippen LogP contribution in [0.5, 0.6) is 0 Å². The number of rotatable bonds is 5. The summed E-state index contributed by atoms with van der Waals surface area (Å²) in [5, 5.41) is 18.4. The fraction of sp³-hybridized carbons (Fsp3) is 0.500. The Kier molecular flexibility index (Phi) is 4.53. The molecule has 0 aliphatic carbocycles.